The fraction of sp³-hybridized carbons (Fsp3) is 0.294. The van der Waals surface area contributed by atoms with Gasteiger partial charge in [0.25, 0.3) is 5.91 Å². The van der Waals surface area contributed by atoms with Crippen molar-refractivity contribution in [2.45, 2.75) is 20.0 Å². The first-order valence-corrected chi connectivity index (χ1v) is 8.58. The van der Waals surface area contributed by atoms with E-state index in [9.17, 15) is 4.79 Å². The van der Waals surface area contributed by atoms with Crippen molar-refractivity contribution in [3.63, 3.8) is 0 Å². The number of thioether (sulfide) groups is 1. The molecule has 1 atom stereocenters. The molecule has 1 aromatic carbocycles. The largest absolute Gasteiger partial charge is 0.493 e. The third-order valence-corrected chi connectivity index (χ3v) is 5.18. The van der Waals surface area contributed by atoms with Gasteiger partial charge in [0.05, 0.1) is 12.0 Å². The lowest BCUT2D eigenvalue weighted by atomic mass is 10.0. The molecule has 1 unspecified atom stereocenters. The van der Waals surface area contributed by atoms with Crippen LogP contribution >= 0.6 is 24.0 Å². The van der Waals surface area contributed by atoms with Gasteiger partial charge in [0, 0.05) is 12.1 Å². The number of ether oxygens (including phenoxy) is 2. The maximum Gasteiger partial charge on any atom is 0.266 e. The van der Waals surface area contributed by atoms with Gasteiger partial charge >= 0.3 is 0 Å². The monoisotopic (exact) mass is 347 g/mol. The minimum atomic E-state index is -0.163. The van der Waals surface area contributed by atoms with E-state index in [4.69, 9.17) is 21.7 Å². The average molecular weight is 347 g/mol. The summed E-state index contributed by atoms with van der Waals surface area (Å²) in [6.07, 6.45) is 3.75. The predicted molar refractivity (Wildman–Crippen MR) is 96.7 cm³/mol. The van der Waals surface area contributed by atoms with Gasteiger partial charge in [-0.1, -0.05) is 36.1 Å². The van der Waals surface area contributed by atoms with E-state index in [1.807, 2.05) is 44.2 Å². The van der Waals surface area contributed by atoms with Crippen molar-refractivity contribution in [1.29, 1.82) is 0 Å². The van der Waals surface area contributed by atoms with Gasteiger partial charge in [-0.3, -0.25) is 9.69 Å². The number of carbonyl (C=O) groups is 1. The van der Waals surface area contributed by atoms with E-state index in [2.05, 4.69) is 0 Å². The molecular weight excluding hydrogens is 330 g/mol. The lowest BCUT2D eigenvalue weighted by Crippen LogP contribution is -2.27. The SMILES string of the molecule is CCN1C(=O)C(=CC2=Cc3cccc(OC)c3OC2C)SC1=S. The highest BCUT2D eigenvalue weighted by Crippen LogP contribution is 2.39. The Balaban J connectivity index is 1.97. The van der Waals surface area contributed by atoms with Gasteiger partial charge in [-0.05, 0) is 37.6 Å². The number of carbonyl (C=O) groups excluding carboxylic acids is 1. The van der Waals surface area contributed by atoms with Gasteiger partial charge in [-0.2, -0.15) is 0 Å². The smallest absolute Gasteiger partial charge is 0.266 e. The summed E-state index contributed by atoms with van der Waals surface area (Å²) in [5.74, 6) is 1.41. The molecule has 0 bridgehead atoms. The summed E-state index contributed by atoms with van der Waals surface area (Å²) >= 11 is 6.59. The van der Waals surface area contributed by atoms with E-state index in [0.717, 1.165) is 16.9 Å². The quantitative estimate of drug-likeness (QED) is 0.617. The number of thiocarbonyl (C=S) groups is 1. The molecule has 2 heterocycles. The number of benzene rings is 1. The number of nitrogens with zero attached hydrogens (tertiary/aromatic N) is 1. The third-order valence-electron chi connectivity index (χ3n) is 3.80. The second kappa shape index (κ2) is 6.37. The zero-order valence-corrected chi connectivity index (χ0v) is 14.8. The zero-order valence-electron chi connectivity index (χ0n) is 13.2. The number of hydrogen-bond donors (Lipinski definition) is 0. The average Bonchev–Trinajstić information content (AvgIpc) is 2.81. The first kappa shape index (κ1) is 16.1. The van der Waals surface area contributed by atoms with Crippen LogP contribution in [0.2, 0.25) is 0 Å². The van der Waals surface area contributed by atoms with Crippen LogP contribution in [0.25, 0.3) is 6.08 Å². The van der Waals surface area contributed by atoms with E-state index in [1.54, 1.807) is 12.0 Å². The molecular formula is C17H17NO3S2. The Bertz CT molecular complexity index is 739. The van der Waals surface area contributed by atoms with Crippen LogP contribution in [0.3, 0.4) is 0 Å². The van der Waals surface area contributed by atoms with Crippen molar-refractivity contribution in [2.75, 3.05) is 13.7 Å². The van der Waals surface area contributed by atoms with Gasteiger partial charge in [0.2, 0.25) is 0 Å². The summed E-state index contributed by atoms with van der Waals surface area (Å²) in [4.78, 5) is 14.6. The normalized spacial score (nSPS) is 22.0. The third kappa shape index (κ3) is 2.88. The molecule has 0 spiro atoms. The van der Waals surface area contributed by atoms with E-state index < -0.39 is 0 Å². The Kier molecular flexibility index (Phi) is 4.46. The van der Waals surface area contributed by atoms with Crippen molar-refractivity contribution in [3.05, 3.63) is 40.3 Å². The predicted octanol–water partition coefficient (Wildman–Crippen LogP) is 3.62. The Labute approximate surface area is 145 Å². The molecule has 2 aliphatic heterocycles. The number of hydrogen-bond acceptors (Lipinski definition) is 5. The minimum absolute atomic E-state index is 0.0351. The lowest BCUT2D eigenvalue weighted by molar-refractivity contribution is -0.122. The maximum atomic E-state index is 12.3. The summed E-state index contributed by atoms with van der Waals surface area (Å²) in [6, 6.07) is 5.76. The molecule has 1 fully saturated rings. The van der Waals surface area contributed by atoms with E-state index in [0.29, 0.717) is 21.5 Å². The summed E-state index contributed by atoms with van der Waals surface area (Å²) in [6.45, 7) is 4.47. The molecule has 0 aliphatic carbocycles. The van der Waals surface area contributed by atoms with Crippen molar-refractivity contribution < 1.29 is 14.3 Å². The van der Waals surface area contributed by atoms with Gasteiger partial charge in [-0.15, -0.1) is 0 Å². The van der Waals surface area contributed by atoms with Crippen molar-refractivity contribution >= 4 is 40.3 Å². The topological polar surface area (TPSA) is 38.8 Å². The van der Waals surface area contributed by atoms with E-state index in [-0.39, 0.29) is 12.0 Å². The van der Waals surface area contributed by atoms with Crippen LogP contribution < -0.4 is 9.47 Å². The second-order valence-corrected chi connectivity index (χ2v) is 6.88. The van der Waals surface area contributed by atoms with Gasteiger partial charge in [0.1, 0.15) is 10.4 Å². The van der Waals surface area contributed by atoms with Crippen LogP contribution in [0, 0.1) is 0 Å². The Hall–Kier alpha value is -1.79. The molecule has 1 amide bonds. The van der Waals surface area contributed by atoms with Gasteiger partial charge in [0.15, 0.2) is 11.5 Å². The summed E-state index contributed by atoms with van der Waals surface area (Å²) in [7, 11) is 1.62. The lowest BCUT2D eigenvalue weighted by Gasteiger charge is -2.24. The molecule has 0 radical (unpaired) electrons. The maximum absolute atomic E-state index is 12.3. The number of rotatable bonds is 3. The molecule has 0 aromatic heterocycles. The number of likely N-dealkylation sites (N-methyl/N-ethyl adjacent to an activating group) is 1. The first-order chi connectivity index (χ1) is 11.0. The summed E-state index contributed by atoms with van der Waals surface area (Å²) < 4.78 is 11.9. The van der Waals surface area contributed by atoms with Crippen LogP contribution in [-0.2, 0) is 4.79 Å². The van der Waals surface area contributed by atoms with E-state index in [1.165, 1.54) is 11.8 Å². The minimum Gasteiger partial charge on any atom is -0.493 e. The van der Waals surface area contributed by atoms with Crippen LogP contribution in [0.5, 0.6) is 11.5 Å². The number of methoxy groups -OCH3 is 1. The Morgan fingerprint density at radius 3 is 2.91 bits per heavy atom. The fourth-order valence-electron chi connectivity index (χ4n) is 2.56. The molecule has 23 heavy (non-hydrogen) atoms. The molecule has 1 saturated heterocycles. The standard InChI is InChI=1S/C17H17NO3S2/c1-4-18-16(19)14(23-17(18)22)9-12-8-11-6-5-7-13(20-3)15(11)21-10(12)2/h5-10H,4H2,1-3H3. The molecule has 2 aliphatic rings. The Morgan fingerprint density at radius 1 is 1.48 bits per heavy atom. The highest BCUT2D eigenvalue weighted by Gasteiger charge is 2.32. The molecule has 1 aromatic rings. The van der Waals surface area contributed by atoms with Gasteiger partial charge in [-0.25, -0.2) is 0 Å². The summed E-state index contributed by atoms with van der Waals surface area (Å²) in [5.41, 5.74) is 1.89. The Morgan fingerprint density at radius 2 is 2.26 bits per heavy atom. The highest BCUT2D eigenvalue weighted by molar-refractivity contribution is 8.26. The highest BCUT2D eigenvalue weighted by atomic mass is 32.2. The van der Waals surface area contributed by atoms with Crippen molar-refractivity contribution in [3.8, 4) is 11.5 Å². The zero-order chi connectivity index (χ0) is 16.6. The number of para-hydroxylation sites is 1. The van der Waals surface area contributed by atoms with Gasteiger partial charge < -0.3 is 9.47 Å². The molecule has 0 saturated carbocycles. The molecule has 4 nitrogen and oxygen atoms in total. The number of fused-ring (bicyclic) bond motifs is 1. The van der Waals surface area contributed by atoms with Crippen molar-refractivity contribution in [2.24, 2.45) is 0 Å². The van der Waals surface area contributed by atoms with Crippen molar-refractivity contribution in [1.82, 2.24) is 4.90 Å². The summed E-state index contributed by atoms with van der Waals surface area (Å²) in [5, 5.41) is 0. The van der Waals surface area contributed by atoms with Crippen LogP contribution in [-0.4, -0.2) is 34.9 Å². The van der Waals surface area contributed by atoms with E-state index >= 15 is 0 Å². The fourth-order valence-corrected chi connectivity index (χ4v) is 3.94. The molecule has 0 N–H and O–H groups in total. The molecule has 120 valence electrons. The second-order valence-electron chi connectivity index (χ2n) is 5.21. The first-order valence-electron chi connectivity index (χ1n) is 7.35. The number of amides is 1. The van der Waals surface area contributed by atoms with Crippen LogP contribution in [0.15, 0.2) is 34.8 Å². The van der Waals surface area contributed by atoms with Crippen LogP contribution in [0.4, 0.5) is 0 Å². The molecule has 3 rings (SSSR count). The van der Waals surface area contributed by atoms with Crippen LogP contribution in [0.1, 0.15) is 19.4 Å². The molecule has 6 heteroatoms.